The molecule has 1 amide bonds. The number of hydrogen-bond donors (Lipinski definition) is 1. The first-order chi connectivity index (χ1) is 16.1. The van der Waals surface area contributed by atoms with Gasteiger partial charge >= 0.3 is 0 Å². The third kappa shape index (κ3) is 5.53. The monoisotopic (exact) mass is 443 g/mol. The lowest BCUT2D eigenvalue weighted by molar-refractivity contribution is -0.111. The van der Waals surface area contributed by atoms with Gasteiger partial charge in [0.15, 0.2) is 11.5 Å². The van der Waals surface area contributed by atoms with E-state index < -0.39 is 0 Å². The van der Waals surface area contributed by atoms with Crippen LogP contribution < -0.4 is 19.5 Å². The van der Waals surface area contributed by atoms with Gasteiger partial charge in [-0.1, -0.05) is 6.07 Å². The number of anilines is 1. The van der Waals surface area contributed by atoms with Gasteiger partial charge in [-0.15, -0.1) is 0 Å². The molecule has 4 aromatic rings. The number of carbonyl (C=O) groups excluding carboxylic acids is 1. The molecule has 33 heavy (non-hydrogen) atoms. The lowest BCUT2D eigenvalue weighted by atomic mass is 10.2. The zero-order valence-electron chi connectivity index (χ0n) is 18.0. The van der Waals surface area contributed by atoms with E-state index in [4.69, 9.17) is 14.2 Å². The lowest BCUT2D eigenvalue weighted by Crippen LogP contribution is -2.07. The first-order valence-electron chi connectivity index (χ1n) is 9.94. The number of ether oxygens (including phenoxy) is 3. The second kappa shape index (κ2) is 10.1. The Morgan fingerprint density at radius 1 is 1.00 bits per heavy atom. The van der Waals surface area contributed by atoms with Crippen molar-refractivity contribution in [2.24, 2.45) is 0 Å². The standard InChI is InChI=1S/C24H21N5O4/c1-31-20-9-3-17(13-21(20)32-2)4-10-23(30)28-18-5-7-19(8-6-18)33-24-14-22(26-15-27-24)29-12-11-25-16-29/h3-16H,1-2H3,(H,28,30)/b10-4+. The molecule has 2 aromatic carbocycles. The summed E-state index contributed by atoms with van der Waals surface area (Å²) in [6.07, 6.45) is 9.65. The van der Waals surface area contributed by atoms with E-state index in [1.54, 1.807) is 86.0 Å². The Morgan fingerprint density at radius 3 is 2.55 bits per heavy atom. The van der Waals surface area contributed by atoms with Crippen LogP contribution >= 0.6 is 0 Å². The SMILES string of the molecule is COc1ccc(/C=C/C(=O)Nc2ccc(Oc3cc(-n4ccnc4)ncn3)cc2)cc1OC. The number of methoxy groups -OCH3 is 2. The van der Waals surface area contributed by atoms with Gasteiger partial charge in [0.2, 0.25) is 11.8 Å². The minimum atomic E-state index is -0.265. The van der Waals surface area contributed by atoms with Gasteiger partial charge in [0.05, 0.1) is 14.2 Å². The van der Waals surface area contributed by atoms with Crippen molar-refractivity contribution in [2.45, 2.75) is 0 Å². The molecule has 0 saturated carbocycles. The van der Waals surface area contributed by atoms with E-state index in [9.17, 15) is 4.79 Å². The van der Waals surface area contributed by atoms with E-state index in [0.29, 0.717) is 34.6 Å². The van der Waals surface area contributed by atoms with Crippen molar-refractivity contribution < 1.29 is 19.0 Å². The molecule has 0 saturated heterocycles. The Hall–Kier alpha value is -4.66. The minimum absolute atomic E-state index is 0.265. The molecule has 9 heteroatoms. The molecule has 0 fully saturated rings. The number of rotatable bonds is 8. The summed E-state index contributed by atoms with van der Waals surface area (Å²) in [5.41, 5.74) is 1.44. The molecule has 0 radical (unpaired) electrons. The maximum Gasteiger partial charge on any atom is 0.248 e. The molecule has 0 aliphatic carbocycles. The Labute approximate surface area is 190 Å². The molecule has 0 atom stereocenters. The molecule has 1 N–H and O–H groups in total. The zero-order chi connectivity index (χ0) is 23.0. The van der Waals surface area contributed by atoms with Crippen molar-refractivity contribution in [3.05, 3.63) is 85.2 Å². The maximum absolute atomic E-state index is 12.3. The fraction of sp³-hybridized carbons (Fsp3) is 0.0833. The summed E-state index contributed by atoms with van der Waals surface area (Å²) in [6.45, 7) is 0. The number of amides is 1. The molecule has 9 nitrogen and oxygen atoms in total. The van der Waals surface area contributed by atoms with Crippen LogP contribution in [-0.2, 0) is 4.79 Å². The van der Waals surface area contributed by atoms with Gasteiger partial charge in [-0.3, -0.25) is 9.36 Å². The van der Waals surface area contributed by atoms with Crippen molar-refractivity contribution >= 4 is 17.7 Å². The lowest BCUT2D eigenvalue weighted by Gasteiger charge is -2.08. The molecule has 166 valence electrons. The van der Waals surface area contributed by atoms with Gasteiger partial charge in [0.1, 0.15) is 24.2 Å². The summed E-state index contributed by atoms with van der Waals surface area (Å²) in [6, 6.07) is 14.1. The van der Waals surface area contributed by atoms with E-state index in [-0.39, 0.29) is 5.91 Å². The maximum atomic E-state index is 12.3. The molecule has 0 unspecified atom stereocenters. The van der Waals surface area contributed by atoms with Crippen LogP contribution in [0.5, 0.6) is 23.1 Å². The Balaban J connectivity index is 1.36. The van der Waals surface area contributed by atoms with Gasteiger partial charge in [-0.2, -0.15) is 0 Å². The third-order valence-corrected chi connectivity index (χ3v) is 4.58. The van der Waals surface area contributed by atoms with Crippen LogP contribution in [0.3, 0.4) is 0 Å². The largest absolute Gasteiger partial charge is 0.493 e. The Morgan fingerprint density at radius 2 is 1.82 bits per heavy atom. The number of nitrogens with one attached hydrogen (secondary N) is 1. The van der Waals surface area contributed by atoms with E-state index in [1.165, 1.54) is 12.4 Å². The highest BCUT2D eigenvalue weighted by atomic mass is 16.5. The van der Waals surface area contributed by atoms with Gasteiger partial charge in [-0.05, 0) is 48.0 Å². The molecule has 0 aliphatic rings. The molecule has 0 spiro atoms. The quantitative estimate of drug-likeness (QED) is 0.409. The van der Waals surface area contributed by atoms with Crippen LogP contribution in [0.25, 0.3) is 11.9 Å². The summed E-state index contributed by atoms with van der Waals surface area (Å²) in [7, 11) is 3.14. The summed E-state index contributed by atoms with van der Waals surface area (Å²) in [5.74, 6) is 2.56. The fourth-order valence-corrected chi connectivity index (χ4v) is 2.96. The predicted octanol–water partition coefficient (Wildman–Crippen LogP) is 4.12. The summed E-state index contributed by atoms with van der Waals surface area (Å²) >= 11 is 0. The van der Waals surface area contributed by atoms with Crippen molar-refractivity contribution in [1.29, 1.82) is 0 Å². The van der Waals surface area contributed by atoms with Crippen molar-refractivity contribution in [1.82, 2.24) is 19.5 Å². The fourth-order valence-electron chi connectivity index (χ4n) is 2.96. The first-order valence-corrected chi connectivity index (χ1v) is 9.94. The Kier molecular flexibility index (Phi) is 6.60. The smallest absolute Gasteiger partial charge is 0.248 e. The van der Waals surface area contributed by atoms with Crippen LogP contribution in [0.15, 0.2) is 79.7 Å². The highest BCUT2D eigenvalue weighted by molar-refractivity contribution is 6.02. The van der Waals surface area contributed by atoms with Crippen LogP contribution in [0.2, 0.25) is 0 Å². The molecular weight excluding hydrogens is 422 g/mol. The average Bonchev–Trinajstić information content (AvgIpc) is 3.39. The summed E-state index contributed by atoms with van der Waals surface area (Å²) < 4.78 is 18.0. The third-order valence-electron chi connectivity index (χ3n) is 4.58. The molecular formula is C24H21N5O4. The number of imidazole rings is 1. The van der Waals surface area contributed by atoms with Crippen LogP contribution in [0.1, 0.15) is 5.56 Å². The van der Waals surface area contributed by atoms with E-state index in [1.807, 2.05) is 6.07 Å². The van der Waals surface area contributed by atoms with Crippen molar-refractivity contribution in [3.8, 4) is 28.9 Å². The van der Waals surface area contributed by atoms with Crippen LogP contribution in [0, 0.1) is 0 Å². The predicted molar refractivity (Wildman–Crippen MR) is 123 cm³/mol. The van der Waals surface area contributed by atoms with Gasteiger partial charge < -0.3 is 19.5 Å². The molecule has 0 bridgehead atoms. The van der Waals surface area contributed by atoms with Gasteiger partial charge in [-0.25, -0.2) is 15.0 Å². The average molecular weight is 443 g/mol. The minimum Gasteiger partial charge on any atom is -0.493 e. The van der Waals surface area contributed by atoms with Crippen molar-refractivity contribution in [3.63, 3.8) is 0 Å². The van der Waals surface area contributed by atoms with Crippen molar-refractivity contribution in [2.75, 3.05) is 19.5 Å². The second-order valence-corrected chi connectivity index (χ2v) is 6.75. The molecule has 0 aliphatic heterocycles. The van der Waals surface area contributed by atoms with E-state index in [0.717, 1.165) is 5.56 Å². The number of nitrogens with zero attached hydrogens (tertiary/aromatic N) is 4. The topological polar surface area (TPSA) is 100 Å². The van der Waals surface area contributed by atoms with E-state index in [2.05, 4.69) is 20.3 Å². The van der Waals surface area contributed by atoms with E-state index >= 15 is 0 Å². The Bertz CT molecular complexity index is 1250. The number of carbonyl (C=O) groups is 1. The number of benzene rings is 2. The molecule has 2 heterocycles. The molecule has 2 aromatic heterocycles. The van der Waals surface area contributed by atoms with Gasteiger partial charge in [0.25, 0.3) is 0 Å². The zero-order valence-corrected chi connectivity index (χ0v) is 18.0. The number of aromatic nitrogens is 4. The first kappa shape index (κ1) is 21.6. The van der Waals surface area contributed by atoms with Crippen LogP contribution in [0.4, 0.5) is 5.69 Å². The van der Waals surface area contributed by atoms with Crippen LogP contribution in [-0.4, -0.2) is 39.6 Å². The normalized spacial score (nSPS) is 10.7. The van der Waals surface area contributed by atoms with Gasteiger partial charge in [0, 0.05) is 30.2 Å². The highest BCUT2D eigenvalue weighted by Gasteiger charge is 2.06. The second-order valence-electron chi connectivity index (χ2n) is 6.75. The summed E-state index contributed by atoms with van der Waals surface area (Å²) in [4.78, 5) is 24.6. The molecule has 4 rings (SSSR count). The summed E-state index contributed by atoms with van der Waals surface area (Å²) in [5, 5.41) is 2.81. The highest BCUT2D eigenvalue weighted by Crippen LogP contribution is 2.28. The number of hydrogen-bond acceptors (Lipinski definition) is 7.